The zero-order valence-electron chi connectivity index (χ0n) is 5.73. The van der Waals surface area contributed by atoms with Gasteiger partial charge >= 0.3 is 5.97 Å². The van der Waals surface area contributed by atoms with Gasteiger partial charge in [0.25, 0.3) is 0 Å². The van der Waals surface area contributed by atoms with Gasteiger partial charge in [-0.1, -0.05) is 0 Å². The Bertz CT molecular complexity index is 202. The molecule has 0 aliphatic carbocycles. The quantitative estimate of drug-likeness (QED) is 0.511. The third kappa shape index (κ3) is 2.05. The van der Waals surface area contributed by atoms with Crippen LogP contribution in [0.3, 0.4) is 0 Å². The van der Waals surface area contributed by atoms with Crippen LogP contribution in [0.5, 0.6) is 0 Å². The first-order valence-corrected chi connectivity index (χ1v) is 3.10. The molecule has 60 valence electrons. The van der Waals surface area contributed by atoms with Gasteiger partial charge in [-0.15, -0.1) is 0 Å². The average molecular weight is 156 g/mol. The summed E-state index contributed by atoms with van der Waals surface area (Å²) in [5, 5.41) is 9.68. The zero-order valence-corrected chi connectivity index (χ0v) is 5.73. The van der Waals surface area contributed by atoms with Crippen molar-refractivity contribution in [2.24, 2.45) is 0 Å². The number of aliphatic carboxylic acids is 1. The number of hydrazine groups is 1. The third-order valence-corrected chi connectivity index (χ3v) is 1.24. The molecule has 0 fully saturated rings. The van der Waals surface area contributed by atoms with Crippen LogP contribution in [0.1, 0.15) is 0 Å². The molecule has 1 unspecified atom stereocenters. The predicted molar refractivity (Wildman–Crippen MR) is 36.5 cm³/mol. The predicted octanol–water partition coefficient (Wildman–Crippen LogP) is -1.03. The first-order valence-electron chi connectivity index (χ1n) is 3.10. The molecule has 0 spiro atoms. The maximum atomic E-state index is 10.2. The molecule has 0 bridgehead atoms. The van der Waals surface area contributed by atoms with Crippen LogP contribution >= 0.6 is 0 Å². The Morgan fingerprint density at radius 3 is 3.00 bits per heavy atom. The number of hydrogen-bond donors (Lipinski definition) is 2. The number of hydrogen-bond acceptors (Lipinski definition) is 4. The number of carboxylic acids is 1. The Hall–Kier alpha value is -1.36. The highest BCUT2D eigenvalue weighted by Crippen LogP contribution is 1.97. The van der Waals surface area contributed by atoms with E-state index in [1.54, 1.807) is 6.08 Å². The van der Waals surface area contributed by atoms with Gasteiger partial charge in [-0.05, 0) is 6.08 Å². The van der Waals surface area contributed by atoms with Gasteiger partial charge in [0.05, 0.1) is 0 Å². The fourth-order valence-electron chi connectivity index (χ4n) is 0.794. The minimum atomic E-state index is -0.936. The minimum absolute atomic E-state index is 0.138. The van der Waals surface area contributed by atoms with Gasteiger partial charge in [0.1, 0.15) is 18.9 Å². The molecule has 0 aromatic heterocycles. The van der Waals surface area contributed by atoms with Crippen molar-refractivity contribution in [1.29, 1.82) is 0 Å². The average Bonchev–Trinajstić information content (AvgIpc) is 2.34. The van der Waals surface area contributed by atoms with Crippen molar-refractivity contribution in [3.8, 4) is 0 Å². The largest absolute Gasteiger partial charge is 0.480 e. The van der Waals surface area contributed by atoms with Gasteiger partial charge in [0.15, 0.2) is 0 Å². The maximum absolute atomic E-state index is 10.2. The normalized spacial score (nSPS) is 22.2. The molecule has 1 rings (SSSR count). The summed E-state index contributed by atoms with van der Waals surface area (Å²) in [7, 11) is 0. The fraction of sp³-hybridized carbons (Fsp3) is 0.333. The standard InChI is InChI=1S/C6H8N2O3/c9-4-5-1-2-8(7-5)3-6(10)11/h1-2,4-5,7H,3H2,(H,10,11). The van der Waals surface area contributed by atoms with E-state index in [0.29, 0.717) is 6.29 Å². The summed E-state index contributed by atoms with van der Waals surface area (Å²) in [6, 6.07) is -0.380. The summed E-state index contributed by atoms with van der Waals surface area (Å²) in [5.74, 6) is -0.936. The smallest absolute Gasteiger partial charge is 0.324 e. The van der Waals surface area contributed by atoms with Crippen molar-refractivity contribution < 1.29 is 14.7 Å². The molecule has 11 heavy (non-hydrogen) atoms. The SMILES string of the molecule is O=CC1C=CN(CC(=O)O)N1. The van der Waals surface area contributed by atoms with E-state index in [0.717, 1.165) is 0 Å². The lowest BCUT2D eigenvalue weighted by molar-refractivity contribution is -0.138. The van der Waals surface area contributed by atoms with Crippen molar-refractivity contribution in [2.75, 3.05) is 6.54 Å². The van der Waals surface area contributed by atoms with E-state index >= 15 is 0 Å². The van der Waals surface area contributed by atoms with Crippen LogP contribution in [0.15, 0.2) is 12.3 Å². The molecule has 0 aromatic carbocycles. The van der Waals surface area contributed by atoms with Gasteiger partial charge in [-0.3, -0.25) is 4.79 Å². The molecule has 0 aromatic rings. The molecule has 0 radical (unpaired) electrons. The number of aldehydes is 1. The number of rotatable bonds is 3. The summed E-state index contributed by atoms with van der Waals surface area (Å²) in [6.07, 6.45) is 3.83. The van der Waals surface area contributed by atoms with E-state index in [9.17, 15) is 9.59 Å². The third-order valence-electron chi connectivity index (χ3n) is 1.24. The molecular weight excluding hydrogens is 148 g/mol. The summed E-state index contributed by atoms with van der Waals surface area (Å²) < 4.78 is 0. The number of carbonyl (C=O) groups is 2. The van der Waals surface area contributed by atoms with E-state index in [1.165, 1.54) is 11.2 Å². The molecule has 1 atom stereocenters. The Morgan fingerprint density at radius 1 is 1.82 bits per heavy atom. The second-order valence-electron chi connectivity index (χ2n) is 2.15. The zero-order chi connectivity index (χ0) is 8.27. The lowest BCUT2D eigenvalue weighted by Crippen LogP contribution is -2.38. The monoisotopic (exact) mass is 156 g/mol. The topological polar surface area (TPSA) is 69.6 Å². The molecular formula is C6H8N2O3. The minimum Gasteiger partial charge on any atom is -0.480 e. The molecule has 5 nitrogen and oxygen atoms in total. The molecule has 1 aliphatic rings. The van der Waals surface area contributed by atoms with Crippen molar-refractivity contribution >= 4 is 12.3 Å². The Morgan fingerprint density at radius 2 is 2.55 bits per heavy atom. The highest BCUT2D eigenvalue weighted by Gasteiger charge is 2.15. The van der Waals surface area contributed by atoms with Crippen LogP contribution in [0.2, 0.25) is 0 Å². The van der Waals surface area contributed by atoms with Gasteiger partial charge in [0, 0.05) is 6.20 Å². The molecule has 5 heteroatoms. The van der Waals surface area contributed by atoms with Gasteiger partial charge in [0.2, 0.25) is 0 Å². The van der Waals surface area contributed by atoms with Crippen LogP contribution in [-0.2, 0) is 9.59 Å². The van der Waals surface area contributed by atoms with Crippen LogP contribution in [0.4, 0.5) is 0 Å². The van der Waals surface area contributed by atoms with Crippen molar-refractivity contribution in [1.82, 2.24) is 10.4 Å². The second-order valence-corrected chi connectivity index (χ2v) is 2.15. The summed E-state index contributed by atoms with van der Waals surface area (Å²) in [5.41, 5.74) is 2.65. The molecule has 2 N–H and O–H groups in total. The second kappa shape index (κ2) is 3.16. The highest BCUT2D eigenvalue weighted by molar-refractivity contribution is 5.69. The van der Waals surface area contributed by atoms with E-state index in [4.69, 9.17) is 5.11 Å². The lowest BCUT2D eigenvalue weighted by Gasteiger charge is -2.13. The first kappa shape index (κ1) is 7.74. The van der Waals surface area contributed by atoms with Crippen LogP contribution in [0, 0.1) is 0 Å². The van der Waals surface area contributed by atoms with Crippen molar-refractivity contribution in [2.45, 2.75) is 6.04 Å². The van der Waals surface area contributed by atoms with E-state index < -0.39 is 5.97 Å². The number of nitrogens with zero attached hydrogens (tertiary/aromatic N) is 1. The Balaban J connectivity index is 2.37. The molecule has 0 saturated carbocycles. The number of nitrogens with one attached hydrogen (secondary N) is 1. The van der Waals surface area contributed by atoms with Crippen molar-refractivity contribution in [3.05, 3.63) is 12.3 Å². The van der Waals surface area contributed by atoms with E-state index in [2.05, 4.69) is 5.43 Å². The van der Waals surface area contributed by atoms with Gasteiger partial charge in [-0.25, -0.2) is 5.43 Å². The van der Waals surface area contributed by atoms with E-state index in [1.807, 2.05) is 0 Å². The fourth-order valence-corrected chi connectivity index (χ4v) is 0.794. The van der Waals surface area contributed by atoms with Crippen LogP contribution < -0.4 is 5.43 Å². The maximum Gasteiger partial charge on any atom is 0.324 e. The molecule has 1 aliphatic heterocycles. The molecule has 1 heterocycles. The Labute approximate surface area is 63.3 Å². The van der Waals surface area contributed by atoms with Crippen LogP contribution in [-0.4, -0.2) is 35.0 Å². The number of carboxylic acid groups (broad SMARTS) is 1. The summed E-state index contributed by atoms with van der Waals surface area (Å²) in [4.78, 5) is 20.3. The van der Waals surface area contributed by atoms with Crippen molar-refractivity contribution in [3.63, 3.8) is 0 Å². The first-order chi connectivity index (χ1) is 5.22. The van der Waals surface area contributed by atoms with E-state index in [-0.39, 0.29) is 12.6 Å². The van der Waals surface area contributed by atoms with Gasteiger partial charge < -0.3 is 14.9 Å². The molecule has 0 amide bonds. The summed E-state index contributed by atoms with van der Waals surface area (Å²) in [6.45, 7) is -0.138. The lowest BCUT2D eigenvalue weighted by atomic mass is 10.4. The van der Waals surface area contributed by atoms with Crippen LogP contribution in [0.25, 0.3) is 0 Å². The number of carbonyl (C=O) groups excluding carboxylic acids is 1. The molecule has 0 saturated heterocycles. The van der Waals surface area contributed by atoms with Gasteiger partial charge in [-0.2, -0.15) is 0 Å². The summed E-state index contributed by atoms with van der Waals surface area (Å²) >= 11 is 0. The highest BCUT2D eigenvalue weighted by atomic mass is 16.4. The Kier molecular flexibility index (Phi) is 2.22.